The molecule has 2 aromatic rings. The van der Waals surface area contributed by atoms with Crippen LogP contribution in [-0.4, -0.2) is 38.6 Å². The second-order valence-electron chi connectivity index (χ2n) is 6.52. The van der Waals surface area contributed by atoms with E-state index in [1.165, 1.54) is 5.56 Å². The molecule has 1 atom stereocenters. The number of hydrogen-bond donors (Lipinski definition) is 1. The molecule has 2 rings (SSSR count). The van der Waals surface area contributed by atoms with Crippen LogP contribution in [0.5, 0.6) is 5.75 Å². The molecular weight excluding hydrogens is 348 g/mol. The predicted molar refractivity (Wildman–Crippen MR) is 107 cm³/mol. The highest BCUT2D eigenvalue weighted by Gasteiger charge is 2.14. The monoisotopic (exact) mass is 374 g/mol. The van der Waals surface area contributed by atoms with Gasteiger partial charge in [-0.3, -0.25) is 4.79 Å². The van der Waals surface area contributed by atoms with Crippen molar-refractivity contribution in [3.05, 3.63) is 64.7 Å². The Hall–Kier alpha value is -2.04. The number of benzene rings is 2. The van der Waals surface area contributed by atoms with Crippen molar-refractivity contribution in [2.45, 2.75) is 25.3 Å². The number of aryl methyl sites for hydroxylation is 1. The third-order valence-corrected chi connectivity index (χ3v) is 4.67. The number of nitrogens with one attached hydrogen (secondary N) is 1. The summed E-state index contributed by atoms with van der Waals surface area (Å²) in [6, 6.07) is 16.0. The van der Waals surface area contributed by atoms with E-state index >= 15 is 0 Å². The summed E-state index contributed by atoms with van der Waals surface area (Å²) in [5, 5.41) is 3.76. The Kier molecular flexibility index (Phi) is 7.95. The number of hydrogen-bond acceptors (Lipinski definition) is 3. The Bertz CT molecular complexity index is 684. The number of nitrogens with zero attached hydrogens (tertiary/aromatic N) is 1. The first-order valence-electron chi connectivity index (χ1n) is 8.81. The van der Waals surface area contributed by atoms with Crippen molar-refractivity contribution < 1.29 is 9.53 Å². The van der Waals surface area contributed by atoms with Crippen LogP contribution in [0.4, 0.5) is 0 Å². The summed E-state index contributed by atoms with van der Waals surface area (Å²) < 4.78 is 5.14. The van der Waals surface area contributed by atoms with Crippen molar-refractivity contribution in [2.75, 3.05) is 27.7 Å². The van der Waals surface area contributed by atoms with Crippen LogP contribution in [-0.2, 0) is 11.2 Å². The minimum atomic E-state index is 0.0782. The van der Waals surface area contributed by atoms with Gasteiger partial charge in [-0.05, 0) is 62.3 Å². The van der Waals surface area contributed by atoms with Crippen molar-refractivity contribution in [1.29, 1.82) is 0 Å². The lowest BCUT2D eigenvalue weighted by Crippen LogP contribution is -2.29. The molecule has 140 valence electrons. The summed E-state index contributed by atoms with van der Waals surface area (Å²) in [5.74, 6) is 0.907. The molecular formula is C21H27ClN2O2. The average Bonchev–Trinajstić information content (AvgIpc) is 2.64. The summed E-state index contributed by atoms with van der Waals surface area (Å²) in [6.45, 7) is 0.646. The molecule has 1 unspecified atom stereocenters. The molecule has 0 saturated carbocycles. The molecule has 0 bridgehead atoms. The van der Waals surface area contributed by atoms with Crippen molar-refractivity contribution >= 4 is 17.5 Å². The highest BCUT2D eigenvalue weighted by Crippen LogP contribution is 2.23. The van der Waals surface area contributed by atoms with Gasteiger partial charge in [0, 0.05) is 24.0 Å². The van der Waals surface area contributed by atoms with Crippen molar-refractivity contribution in [1.82, 2.24) is 10.2 Å². The molecule has 0 aromatic heterocycles. The minimum absolute atomic E-state index is 0.0782. The first kappa shape index (κ1) is 20.3. The SMILES string of the molecule is COc1ccc(CCC(=O)NCCC(c2ccc(Cl)cc2)N(C)C)cc1. The Balaban J connectivity index is 1.77. The van der Waals surface area contributed by atoms with Crippen molar-refractivity contribution in [3.63, 3.8) is 0 Å². The lowest BCUT2D eigenvalue weighted by molar-refractivity contribution is -0.121. The van der Waals surface area contributed by atoms with Crippen LogP contribution in [0.25, 0.3) is 0 Å². The van der Waals surface area contributed by atoms with Gasteiger partial charge in [0.2, 0.25) is 5.91 Å². The average molecular weight is 375 g/mol. The number of carbonyl (C=O) groups excluding carboxylic acids is 1. The quantitative estimate of drug-likeness (QED) is 0.718. The zero-order chi connectivity index (χ0) is 18.9. The summed E-state index contributed by atoms with van der Waals surface area (Å²) in [4.78, 5) is 14.3. The lowest BCUT2D eigenvalue weighted by atomic mass is 10.0. The molecule has 0 aliphatic rings. The van der Waals surface area contributed by atoms with Gasteiger partial charge >= 0.3 is 0 Å². The topological polar surface area (TPSA) is 41.6 Å². The predicted octanol–water partition coefficient (Wildman–Crippen LogP) is 4.09. The molecule has 1 amide bonds. The lowest BCUT2D eigenvalue weighted by Gasteiger charge is -2.25. The Morgan fingerprint density at radius 2 is 1.77 bits per heavy atom. The number of rotatable bonds is 9. The number of amides is 1. The van der Waals surface area contributed by atoms with E-state index in [-0.39, 0.29) is 11.9 Å². The Morgan fingerprint density at radius 3 is 2.35 bits per heavy atom. The smallest absolute Gasteiger partial charge is 0.220 e. The molecule has 26 heavy (non-hydrogen) atoms. The van der Waals surface area contributed by atoms with E-state index in [0.29, 0.717) is 13.0 Å². The van der Waals surface area contributed by atoms with Crippen LogP contribution in [0, 0.1) is 0 Å². The third kappa shape index (κ3) is 6.36. The summed E-state index contributed by atoms with van der Waals surface area (Å²) >= 11 is 5.97. The van der Waals surface area contributed by atoms with Crippen LogP contribution < -0.4 is 10.1 Å². The fourth-order valence-corrected chi connectivity index (χ4v) is 3.02. The molecule has 0 radical (unpaired) electrons. The molecule has 2 aromatic carbocycles. The molecule has 0 heterocycles. The van der Waals surface area contributed by atoms with Gasteiger partial charge in [-0.2, -0.15) is 0 Å². The van der Waals surface area contributed by atoms with E-state index in [2.05, 4.69) is 10.2 Å². The van der Waals surface area contributed by atoms with Gasteiger partial charge in [0.25, 0.3) is 0 Å². The van der Waals surface area contributed by atoms with E-state index in [1.54, 1.807) is 7.11 Å². The number of halogens is 1. The molecule has 4 nitrogen and oxygen atoms in total. The maximum absolute atomic E-state index is 12.1. The normalized spacial score (nSPS) is 12.0. The van der Waals surface area contributed by atoms with Crippen LogP contribution in [0.1, 0.15) is 30.0 Å². The van der Waals surface area contributed by atoms with Gasteiger partial charge in [-0.1, -0.05) is 35.9 Å². The highest BCUT2D eigenvalue weighted by molar-refractivity contribution is 6.30. The van der Waals surface area contributed by atoms with Crippen LogP contribution in [0.3, 0.4) is 0 Å². The van der Waals surface area contributed by atoms with Crippen molar-refractivity contribution in [2.24, 2.45) is 0 Å². The molecule has 0 spiro atoms. The van der Waals surface area contributed by atoms with E-state index in [9.17, 15) is 4.79 Å². The van der Waals surface area contributed by atoms with Crippen LogP contribution in [0.2, 0.25) is 5.02 Å². The second-order valence-corrected chi connectivity index (χ2v) is 6.95. The molecule has 0 aliphatic heterocycles. The summed E-state index contributed by atoms with van der Waals surface area (Å²) in [6.07, 6.45) is 2.06. The van der Waals surface area contributed by atoms with Gasteiger partial charge in [0.1, 0.15) is 5.75 Å². The fourth-order valence-electron chi connectivity index (χ4n) is 2.89. The first-order chi connectivity index (χ1) is 12.5. The first-order valence-corrected chi connectivity index (χ1v) is 9.19. The summed E-state index contributed by atoms with van der Waals surface area (Å²) in [7, 11) is 5.74. The van der Waals surface area contributed by atoms with E-state index in [0.717, 1.165) is 29.2 Å². The Labute approximate surface area is 161 Å². The van der Waals surface area contributed by atoms with Gasteiger partial charge in [-0.25, -0.2) is 0 Å². The van der Waals surface area contributed by atoms with Crippen LogP contribution in [0.15, 0.2) is 48.5 Å². The molecule has 0 aliphatic carbocycles. The fraction of sp³-hybridized carbons (Fsp3) is 0.381. The molecule has 1 N–H and O–H groups in total. The largest absolute Gasteiger partial charge is 0.497 e. The van der Waals surface area contributed by atoms with E-state index < -0.39 is 0 Å². The summed E-state index contributed by atoms with van der Waals surface area (Å²) in [5.41, 5.74) is 2.33. The number of methoxy groups -OCH3 is 1. The second kappa shape index (κ2) is 10.2. The van der Waals surface area contributed by atoms with Crippen LogP contribution >= 0.6 is 11.6 Å². The standard InChI is InChI=1S/C21H27ClN2O2/c1-24(2)20(17-7-9-18(22)10-8-17)14-15-23-21(25)13-6-16-4-11-19(26-3)12-5-16/h4-5,7-12,20H,6,13-15H2,1-3H3,(H,23,25). The zero-order valence-corrected chi connectivity index (χ0v) is 16.4. The maximum Gasteiger partial charge on any atom is 0.220 e. The Morgan fingerprint density at radius 1 is 1.12 bits per heavy atom. The zero-order valence-electron chi connectivity index (χ0n) is 15.7. The molecule has 0 fully saturated rings. The maximum atomic E-state index is 12.1. The molecule has 5 heteroatoms. The third-order valence-electron chi connectivity index (χ3n) is 4.42. The molecule has 0 saturated heterocycles. The van der Waals surface area contributed by atoms with Gasteiger partial charge < -0.3 is 15.0 Å². The van der Waals surface area contributed by atoms with Crippen molar-refractivity contribution in [3.8, 4) is 5.75 Å². The van der Waals surface area contributed by atoms with E-state index in [4.69, 9.17) is 16.3 Å². The minimum Gasteiger partial charge on any atom is -0.497 e. The van der Waals surface area contributed by atoms with Gasteiger partial charge in [0.05, 0.1) is 7.11 Å². The number of carbonyl (C=O) groups is 1. The number of ether oxygens (including phenoxy) is 1. The van der Waals surface area contributed by atoms with Gasteiger partial charge in [0.15, 0.2) is 0 Å². The highest BCUT2D eigenvalue weighted by atomic mass is 35.5. The van der Waals surface area contributed by atoms with Gasteiger partial charge in [-0.15, -0.1) is 0 Å². The van der Waals surface area contributed by atoms with E-state index in [1.807, 2.05) is 62.6 Å².